The lowest BCUT2D eigenvalue weighted by Crippen LogP contribution is -2.38. The van der Waals surface area contributed by atoms with Crippen molar-refractivity contribution in [3.05, 3.63) is 18.1 Å². The van der Waals surface area contributed by atoms with E-state index in [1.165, 1.54) is 6.33 Å². The van der Waals surface area contributed by atoms with Gasteiger partial charge < -0.3 is 10.2 Å². The molecule has 0 radical (unpaired) electrons. The Hall–Kier alpha value is -1.65. The molecule has 0 unspecified atom stereocenters. The SMILES string of the molecule is CC(C)CNc1cc(C(=O)N2CCC(C)CC2)ncn1. The molecule has 1 fully saturated rings. The van der Waals surface area contributed by atoms with E-state index in [2.05, 4.69) is 36.1 Å². The minimum absolute atomic E-state index is 0.0203. The summed E-state index contributed by atoms with van der Waals surface area (Å²) in [5.41, 5.74) is 0.487. The molecule has 1 amide bonds. The Labute approximate surface area is 120 Å². The quantitative estimate of drug-likeness (QED) is 0.917. The first-order valence-corrected chi connectivity index (χ1v) is 7.41. The van der Waals surface area contributed by atoms with Gasteiger partial charge in [-0.15, -0.1) is 0 Å². The van der Waals surface area contributed by atoms with Crippen molar-refractivity contribution in [2.45, 2.75) is 33.6 Å². The zero-order valence-electron chi connectivity index (χ0n) is 12.6. The van der Waals surface area contributed by atoms with Gasteiger partial charge in [-0.25, -0.2) is 9.97 Å². The zero-order valence-corrected chi connectivity index (χ0v) is 12.6. The summed E-state index contributed by atoms with van der Waals surface area (Å²) in [6.45, 7) is 9.01. The van der Waals surface area contributed by atoms with E-state index in [0.717, 1.165) is 38.3 Å². The number of nitrogens with zero attached hydrogens (tertiary/aromatic N) is 3. The van der Waals surface area contributed by atoms with Gasteiger partial charge in [-0.2, -0.15) is 0 Å². The van der Waals surface area contributed by atoms with Crippen LogP contribution in [0.15, 0.2) is 12.4 Å². The van der Waals surface area contributed by atoms with Gasteiger partial charge in [0, 0.05) is 25.7 Å². The van der Waals surface area contributed by atoms with E-state index in [1.54, 1.807) is 6.07 Å². The second-order valence-electron chi connectivity index (χ2n) is 6.04. The average molecular weight is 276 g/mol. The highest BCUT2D eigenvalue weighted by molar-refractivity contribution is 5.92. The van der Waals surface area contributed by atoms with E-state index in [9.17, 15) is 4.79 Å². The molecular formula is C15H24N4O. The predicted octanol–water partition coefficient (Wildman–Crippen LogP) is 2.42. The molecule has 0 aliphatic carbocycles. The number of carbonyl (C=O) groups is 1. The number of aromatic nitrogens is 2. The standard InChI is InChI=1S/C15H24N4O/c1-11(2)9-16-14-8-13(17-10-18-14)15(20)19-6-4-12(3)5-7-19/h8,10-12H,4-7,9H2,1-3H3,(H,16,17,18). The van der Waals surface area contributed by atoms with E-state index in [1.807, 2.05) is 4.90 Å². The summed E-state index contributed by atoms with van der Waals surface area (Å²) in [6.07, 6.45) is 3.62. The third kappa shape index (κ3) is 3.92. The van der Waals surface area contributed by atoms with Gasteiger partial charge in [0.2, 0.25) is 0 Å². The number of rotatable bonds is 4. The Morgan fingerprint density at radius 2 is 2.10 bits per heavy atom. The van der Waals surface area contributed by atoms with Gasteiger partial charge in [0.1, 0.15) is 17.8 Å². The number of carbonyl (C=O) groups excluding carboxylic acids is 1. The first-order valence-electron chi connectivity index (χ1n) is 7.41. The minimum atomic E-state index is 0.0203. The van der Waals surface area contributed by atoms with Gasteiger partial charge in [0.05, 0.1) is 0 Å². The maximum absolute atomic E-state index is 12.4. The Morgan fingerprint density at radius 1 is 1.40 bits per heavy atom. The second-order valence-corrected chi connectivity index (χ2v) is 6.04. The van der Waals surface area contributed by atoms with Gasteiger partial charge in [-0.3, -0.25) is 4.79 Å². The van der Waals surface area contributed by atoms with Crippen molar-refractivity contribution < 1.29 is 4.79 Å². The number of nitrogens with one attached hydrogen (secondary N) is 1. The highest BCUT2D eigenvalue weighted by Gasteiger charge is 2.22. The highest BCUT2D eigenvalue weighted by atomic mass is 16.2. The fraction of sp³-hybridized carbons (Fsp3) is 0.667. The van der Waals surface area contributed by atoms with Gasteiger partial charge in [0.25, 0.3) is 5.91 Å². The first-order chi connectivity index (χ1) is 9.56. The van der Waals surface area contributed by atoms with Gasteiger partial charge >= 0.3 is 0 Å². The van der Waals surface area contributed by atoms with Crippen LogP contribution in [0.1, 0.15) is 44.1 Å². The molecule has 5 nitrogen and oxygen atoms in total. The van der Waals surface area contributed by atoms with Crippen molar-refractivity contribution in [3.63, 3.8) is 0 Å². The lowest BCUT2D eigenvalue weighted by Gasteiger charge is -2.30. The molecule has 1 saturated heterocycles. The fourth-order valence-electron chi connectivity index (χ4n) is 2.25. The number of amides is 1. The molecule has 1 aromatic heterocycles. The summed E-state index contributed by atoms with van der Waals surface area (Å²) in [7, 11) is 0. The fourth-order valence-corrected chi connectivity index (χ4v) is 2.25. The minimum Gasteiger partial charge on any atom is -0.370 e. The topological polar surface area (TPSA) is 58.1 Å². The number of anilines is 1. The van der Waals surface area contributed by atoms with E-state index >= 15 is 0 Å². The van der Waals surface area contributed by atoms with Crippen LogP contribution in [0.25, 0.3) is 0 Å². The Bertz CT molecular complexity index is 453. The number of hydrogen-bond donors (Lipinski definition) is 1. The average Bonchev–Trinajstić information content (AvgIpc) is 2.45. The molecule has 2 rings (SSSR count). The molecule has 0 bridgehead atoms. The maximum Gasteiger partial charge on any atom is 0.272 e. The lowest BCUT2D eigenvalue weighted by atomic mass is 9.99. The van der Waals surface area contributed by atoms with Crippen LogP contribution in [0.4, 0.5) is 5.82 Å². The van der Waals surface area contributed by atoms with Gasteiger partial charge in [0.15, 0.2) is 0 Å². The van der Waals surface area contributed by atoms with Crippen LogP contribution in [-0.2, 0) is 0 Å². The Morgan fingerprint density at radius 3 is 2.75 bits per heavy atom. The molecule has 2 heterocycles. The third-order valence-corrected chi connectivity index (χ3v) is 3.65. The van der Waals surface area contributed by atoms with E-state index in [-0.39, 0.29) is 5.91 Å². The lowest BCUT2D eigenvalue weighted by molar-refractivity contribution is 0.0691. The van der Waals surface area contributed by atoms with E-state index < -0.39 is 0 Å². The van der Waals surface area contributed by atoms with Crippen LogP contribution in [0, 0.1) is 11.8 Å². The van der Waals surface area contributed by atoms with Crippen LogP contribution >= 0.6 is 0 Å². The van der Waals surface area contributed by atoms with E-state index in [4.69, 9.17) is 0 Å². The maximum atomic E-state index is 12.4. The van der Waals surface area contributed by atoms with Crippen LogP contribution in [0.2, 0.25) is 0 Å². The van der Waals surface area contributed by atoms with Crippen molar-refractivity contribution >= 4 is 11.7 Å². The molecule has 0 atom stereocenters. The van der Waals surface area contributed by atoms with Gasteiger partial charge in [-0.05, 0) is 24.7 Å². The summed E-state index contributed by atoms with van der Waals surface area (Å²) < 4.78 is 0. The smallest absolute Gasteiger partial charge is 0.272 e. The Kier molecular flexibility index (Phi) is 4.93. The summed E-state index contributed by atoms with van der Waals surface area (Å²) in [6, 6.07) is 1.75. The number of hydrogen-bond acceptors (Lipinski definition) is 4. The summed E-state index contributed by atoms with van der Waals surface area (Å²) in [5, 5.41) is 3.23. The third-order valence-electron chi connectivity index (χ3n) is 3.65. The summed E-state index contributed by atoms with van der Waals surface area (Å²) in [5.74, 6) is 2.00. The number of likely N-dealkylation sites (tertiary alicyclic amines) is 1. The molecule has 0 aromatic carbocycles. The molecule has 20 heavy (non-hydrogen) atoms. The normalized spacial score (nSPS) is 16.5. The molecule has 5 heteroatoms. The summed E-state index contributed by atoms with van der Waals surface area (Å²) in [4.78, 5) is 22.6. The van der Waals surface area contributed by atoms with Crippen molar-refractivity contribution in [2.24, 2.45) is 11.8 Å². The van der Waals surface area contributed by atoms with Crippen molar-refractivity contribution in [1.29, 1.82) is 0 Å². The van der Waals surface area contributed by atoms with Crippen LogP contribution < -0.4 is 5.32 Å². The first kappa shape index (κ1) is 14.8. The molecule has 0 spiro atoms. The van der Waals surface area contributed by atoms with Crippen molar-refractivity contribution in [1.82, 2.24) is 14.9 Å². The van der Waals surface area contributed by atoms with Crippen LogP contribution in [-0.4, -0.2) is 40.4 Å². The molecule has 0 saturated carbocycles. The molecule has 1 aliphatic rings. The van der Waals surface area contributed by atoms with E-state index in [0.29, 0.717) is 17.5 Å². The highest BCUT2D eigenvalue weighted by Crippen LogP contribution is 2.18. The van der Waals surface area contributed by atoms with Crippen LogP contribution in [0.3, 0.4) is 0 Å². The van der Waals surface area contributed by atoms with Crippen LogP contribution in [0.5, 0.6) is 0 Å². The molecule has 110 valence electrons. The Balaban J connectivity index is 2.00. The molecular weight excluding hydrogens is 252 g/mol. The zero-order chi connectivity index (χ0) is 14.5. The van der Waals surface area contributed by atoms with Crippen molar-refractivity contribution in [3.8, 4) is 0 Å². The number of piperidine rings is 1. The monoisotopic (exact) mass is 276 g/mol. The second kappa shape index (κ2) is 6.68. The molecule has 1 N–H and O–H groups in total. The largest absolute Gasteiger partial charge is 0.370 e. The predicted molar refractivity (Wildman–Crippen MR) is 79.7 cm³/mol. The summed E-state index contributed by atoms with van der Waals surface area (Å²) >= 11 is 0. The molecule has 1 aliphatic heterocycles. The molecule has 1 aromatic rings. The van der Waals surface area contributed by atoms with Gasteiger partial charge in [-0.1, -0.05) is 20.8 Å². The van der Waals surface area contributed by atoms with Crippen molar-refractivity contribution in [2.75, 3.05) is 25.0 Å².